The van der Waals surface area contributed by atoms with Gasteiger partial charge in [-0.25, -0.2) is 4.79 Å². The van der Waals surface area contributed by atoms with Crippen LogP contribution in [-0.2, 0) is 18.3 Å². The van der Waals surface area contributed by atoms with E-state index in [4.69, 9.17) is 10.5 Å². The predicted molar refractivity (Wildman–Crippen MR) is 75.7 cm³/mol. The minimum absolute atomic E-state index is 0.0137. The zero-order valence-electron chi connectivity index (χ0n) is 11.8. The van der Waals surface area contributed by atoms with Crippen molar-refractivity contribution in [3.05, 3.63) is 27.0 Å². The highest BCUT2D eigenvalue weighted by Gasteiger charge is 2.42. The van der Waals surface area contributed by atoms with Crippen LogP contribution in [0.3, 0.4) is 0 Å². The van der Waals surface area contributed by atoms with Gasteiger partial charge in [0.25, 0.3) is 5.56 Å². The Morgan fingerprint density at radius 2 is 2.05 bits per heavy atom. The van der Waals surface area contributed by atoms with Crippen LogP contribution in [0.25, 0.3) is 0 Å². The van der Waals surface area contributed by atoms with Gasteiger partial charge in [0.1, 0.15) is 5.69 Å². The third kappa shape index (κ3) is 2.18. The first-order valence-corrected chi connectivity index (χ1v) is 7.25. The van der Waals surface area contributed by atoms with Gasteiger partial charge in [0.2, 0.25) is 0 Å². The Morgan fingerprint density at radius 1 is 1.35 bits per heavy atom. The average molecular weight is 279 g/mol. The summed E-state index contributed by atoms with van der Waals surface area (Å²) in [5.41, 5.74) is 5.01. The van der Waals surface area contributed by atoms with Crippen molar-refractivity contribution in [1.29, 1.82) is 0 Å². The summed E-state index contributed by atoms with van der Waals surface area (Å²) in [6.45, 7) is 0.304. The van der Waals surface area contributed by atoms with Crippen molar-refractivity contribution in [1.82, 2.24) is 9.13 Å². The van der Waals surface area contributed by atoms with Crippen molar-refractivity contribution in [2.45, 2.75) is 56.8 Å². The van der Waals surface area contributed by atoms with Gasteiger partial charge in [0.05, 0.1) is 18.2 Å². The van der Waals surface area contributed by atoms with Crippen molar-refractivity contribution in [2.24, 2.45) is 7.05 Å². The standard InChI is InChI=1S/C14H21N3O3/c1-16-9-11(15)12(18)17(13(16)19)8-10-4-7-14(20-10)5-2-3-6-14/h9-10H,2-8,15H2,1H3. The van der Waals surface area contributed by atoms with E-state index in [1.807, 2.05) is 0 Å². The maximum Gasteiger partial charge on any atom is 0.330 e. The molecule has 1 unspecified atom stereocenters. The van der Waals surface area contributed by atoms with Crippen LogP contribution in [-0.4, -0.2) is 20.8 Å². The van der Waals surface area contributed by atoms with Gasteiger partial charge in [-0.1, -0.05) is 12.8 Å². The average Bonchev–Trinajstić information content (AvgIpc) is 3.03. The molecule has 1 aliphatic carbocycles. The lowest BCUT2D eigenvalue weighted by Gasteiger charge is -2.24. The number of anilines is 1. The lowest BCUT2D eigenvalue weighted by molar-refractivity contribution is -0.0425. The number of nitrogens with zero attached hydrogens (tertiary/aromatic N) is 2. The predicted octanol–water partition coefficient (Wildman–Crippen LogP) is 0.621. The van der Waals surface area contributed by atoms with Crippen molar-refractivity contribution in [2.75, 3.05) is 5.73 Å². The van der Waals surface area contributed by atoms with Crippen LogP contribution in [0.5, 0.6) is 0 Å². The fourth-order valence-electron chi connectivity index (χ4n) is 3.53. The van der Waals surface area contributed by atoms with Gasteiger partial charge in [-0.2, -0.15) is 0 Å². The third-order valence-electron chi connectivity index (χ3n) is 4.60. The molecule has 6 nitrogen and oxygen atoms in total. The molecule has 1 spiro atoms. The van der Waals surface area contributed by atoms with Crippen LogP contribution in [0.15, 0.2) is 15.8 Å². The molecule has 1 saturated carbocycles. The Labute approximate surface area is 117 Å². The molecule has 6 heteroatoms. The summed E-state index contributed by atoms with van der Waals surface area (Å²) in [6, 6.07) is 0. The second kappa shape index (κ2) is 4.77. The second-order valence-corrected chi connectivity index (χ2v) is 6.06. The Balaban J connectivity index is 1.83. The fourth-order valence-corrected chi connectivity index (χ4v) is 3.53. The molecule has 3 rings (SSSR count). The number of nitrogen functional groups attached to an aromatic ring is 1. The maximum atomic E-state index is 12.1. The molecule has 0 aromatic carbocycles. The lowest BCUT2D eigenvalue weighted by atomic mass is 9.98. The highest BCUT2D eigenvalue weighted by molar-refractivity contribution is 5.30. The second-order valence-electron chi connectivity index (χ2n) is 6.06. The van der Waals surface area contributed by atoms with E-state index in [1.165, 1.54) is 28.2 Å². The normalized spacial score (nSPS) is 24.6. The Hall–Kier alpha value is -1.56. The number of rotatable bonds is 2. The summed E-state index contributed by atoms with van der Waals surface area (Å²) in [4.78, 5) is 24.1. The highest BCUT2D eigenvalue weighted by Crippen LogP contribution is 2.43. The molecule has 1 saturated heterocycles. The smallest absolute Gasteiger partial charge is 0.330 e. The SMILES string of the molecule is Cn1cc(N)c(=O)n(CC2CCC3(CCCC3)O2)c1=O. The Bertz CT molecular complexity index is 591. The highest BCUT2D eigenvalue weighted by atomic mass is 16.5. The van der Waals surface area contributed by atoms with Gasteiger partial charge in [-0.3, -0.25) is 9.36 Å². The summed E-state index contributed by atoms with van der Waals surface area (Å²) >= 11 is 0. The zero-order valence-corrected chi connectivity index (χ0v) is 11.8. The van der Waals surface area contributed by atoms with E-state index in [0.717, 1.165) is 25.7 Å². The van der Waals surface area contributed by atoms with Gasteiger partial charge in [-0.05, 0) is 25.7 Å². The molecule has 2 N–H and O–H groups in total. The van der Waals surface area contributed by atoms with E-state index in [2.05, 4.69) is 0 Å². The minimum Gasteiger partial charge on any atom is -0.393 e. The summed E-state index contributed by atoms with van der Waals surface area (Å²) in [7, 11) is 1.60. The van der Waals surface area contributed by atoms with Crippen molar-refractivity contribution < 1.29 is 4.74 Å². The van der Waals surface area contributed by atoms with E-state index in [-0.39, 0.29) is 23.1 Å². The Kier molecular flexibility index (Phi) is 3.20. The van der Waals surface area contributed by atoms with Gasteiger partial charge >= 0.3 is 5.69 Å². The van der Waals surface area contributed by atoms with E-state index in [1.54, 1.807) is 7.05 Å². The van der Waals surface area contributed by atoms with Crippen LogP contribution < -0.4 is 17.0 Å². The van der Waals surface area contributed by atoms with Crippen LogP contribution in [0.2, 0.25) is 0 Å². The van der Waals surface area contributed by atoms with Crippen molar-refractivity contribution in [3.8, 4) is 0 Å². The van der Waals surface area contributed by atoms with Crippen molar-refractivity contribution >= 4 is 5.69 Å². The molecule has 2 heterocycles. The first-order chi connectivity index (χ1) is 9.51. The summed E-state index contributed by atoms with van der Waals surface area (Å²) < 4.78 is 8.70. The molecule has 1 atom stereocenters. The third-order valence-corrected chi connectivity index (χ3v) is 4.60. The lowest BCUT2D eigenvalue weighted by Crippen LogP contribution is -2.42. The monoisotopic (exact) mass is 279 g/mol. The fraction of sp³-hybridized carbons (Fsp3) is 0.714. The van der Waals surface area contributed by atoms with E-state index in [9.17, 15) is 9.59 Å². The first-order valence-electron chi connectivity index (χ1n) is 7.25. The van der Waals surface area contributed by atoms with Gasteiger partial charge < -0.3 is 15.0 Å². The molecule has 0 amide bonds. The van der Waals surface area contributed by atoms with Gasteiger partial charge in [-0.15, -0.1) is 0 Å². The first kappa shape index (κ1) is 13.4. The molecule has 2 aliphatic rings. The number of aryl methyl sites for hydroxylation is 1. The van der Waals surface area contributed by atoms with E-state index >= 15 is 0 Å². The molecule has 20 heavy (non-hydrogen) atoms. The van der Waals surface area contributed by atoms with E-state index < -0.39 is 5.56 Å². The Morgan fingerprint density at radius 3 is 2.75 bits per heavy atom. The summed E-state index contributed by atoms with van der Waals surface area (Å²) in [6.07, 6.45) is 7.90. The molecular weight excluding hydrogens is 258 g/mol. The molecular formula is C14H21N3O3. The number of aromatic nitrogens is 2. The maximum absolute atomic E-state index is 12.1. The number of ether oxygens (including phenoxy) is 1. The van der Waals surface area contributed by atoms with Crippen molar-refractivity contribution in [3.63, 3.8) is 0 Å². The van der Waals surface area contributed by atoms with Crippen LogP contribution >= 0.6 is 0 Å². The molecule has 0 radical (unpaired) electrons. The number of nitrogens with two attached hydrogens (primary N) is 1. The molecule has 1 aromatic heterocycles. The quantitative estimate of drug-likeness (QED) is 0.860. The largest absolute Gasteiger partial charge is 0.393 e. The number of hydrogen-bond donors (Lipinski definition) is 1. The summed E-state index contributed by atoms with van der Waals surface area (Å²) in [5, 5.41) is 0. The molecule has 1 aromatic rings. The summed E-state index contributed by atoms with van der Waals surface area (Å²) in [5.74, 6) is 0. The van der Waals surface area contributed by atoms with E-state index in [0.29, 0.717) is 6.54 Å². The zero-order chi connectivity index (χ0) is 14.3. The van der Waals surface area contributed by atoms with Gasteiger partial charge in [0.15, 0.2) is 0 Å². The van der Waals surface area contributed by atoms with Gasteiger partial charge in [0, 0.05) is 13.2 Å². The van der Waals surface area contributed by atoms with Crippen LogP contribution in [0.1, 0.15) is 38.5 Å². The molecule has 1 aliphatic heterocycles. The molecule has 110 valence electrons. The molecule has 0 bridgehead atoms. The van der Waals surface area contributed by atoms with Crippen LogP contribution in [0, 0.1) is 0 Å². The molecule has 2 fully saturated rings. The topological polar surface area (TPSA) is 79.2 Å². The minimum atomic E-state index is -0.413. The number of hydrogen-bond acceptors (Lipinski definition) is 4. The van der Waals surface area contributed by atoms with Crippen LogP contribution in [0.4, 0.5) is 5.69 Å².